The molecule has 1 aliphatic heterocycles. The first-order chi connectivity index (χ1) is 13.6. The van der Waals surface area contributed by atoms with Crippen LogP contribution in [0.3, 0.4) is 0 Å². The number of piperidine rings is 1. The summed E-state index contributed by atoms with van der Waals surface area (Å²) in [5.41, 5.74) is 3.33. The molecule has 2 aromatic carbocycles. The molecule has 6 heteroatoms. The zero-order chi connectivity index (χ0) is 19.5. The highest BCUT2D eigenvalue weighted by atomic mass is 19.1. The van der Waals surface area contributed by atoms with Gasteiger partial charge in [0.1, 0.15) is 29.1 Å². The van der Waals surface area contributed by atoms with E-state index in [1.165, 1.54) is 24.3 Å². The van der Waals surface area contributed by atoms with Gasteiger partial charge in [-0.1, -0.05) is 0 Å². The van der Waals surface area contributed by atoms with Gasteiger partial charge in [0.2, 0.25) is 5.88 Å². The van der Waals surface area contributed by atoms with Crippen LogP contribution >= 0.6 is 0 Å². The summed E-state index contributed by atoms with van der Waals surface area (Å²) in [6.45, 7) is 3.68. The van der Waals surface area contributed by atoms with Crippen LogP contribution in [0.4, 0.5) is 8.78 Å². The molecule has 0 amide bonds. The lowest BCUT2D eigenvalue weighted by Crippen LogP contribution is -2.34. The second kappa shape index (κ2) is 8.02. The molecule has 0 unspecified atom stereocenters. The van der Waals surface area contributed by atoms with Gasteiger partial charge >= 0.3 is 0 Å². The van der Waals surface area contributed by atoms with Crippen LogP contribution in [-0.2, 0) is 0 Å². The molecule has 1 saturated heterocycles. The van der Waals surface area contributed by atoms with E-state index in [1.807, 2.05) is 6.92 Å². The van der Waals surface area contributed by atoms with E-state index in [2.05, 4.69) is 5.32 Å². The molecule has 0 aliphatic carbocycles. The minimum atomic E-state index is -0.321. The van der Waals surface area contributed by atoms with Crippen molar-refractivity contribution in [2.75, 3.05) is 13.1 Å². The summed E-state index contributed by atoms with van der Waals surface area (Å²) < 4.78 is 32.9. The van der Waals surface area contributed by atoms with Crippen LogP contribution in [0.1, 0.15) is 18.5 Å². The summed E-state index contributed by atoms with van der Waals surface area (Å²) in [6.07, 6.45) is 1.91. The van der Waals surface area contributed by atoms with E-state index in [9.17, 15) is 8.78 Å². The summed E-state index contributed by atoms with van der Waals surface area (Å²) in [7, 11) is 0. The normalized spacial score (nSPS) is 14.8. The first kappa shape index (κ1) is 18.5. The zero-order valence-corrected chi connectivity index (χ0v) is 15.6. The van der Waals surface area contributed by atoms with Crippen molar-refractivity contribution in [2.24, 2.45) is 0 Å². The van der Waals surface area contributed by atoms with Crippen LogP contribution in [-0.4, -0.2) is 29.2 Å². The Bertz CT molecular complexity index is 953. The number of aryl methyl sites for hydroxylation is 1. The molecular formula is C22H21F2N3O. The van der Waals surface area contributed by atoms with E-state index in [4.69, 9.17) is 14.7 Å². The molecule has 0 spiro atoms. The van der Waals surface area contributed by atoms with Gasteiger partial charge in [-0.2, -0.15) is 0 Å². The maximum Gasteiger partial charge on any atom is 0.236 e. The molecule has 0 radical (unpaired) electrons. The predicted molar refractivity (Wildman–Crippen MR) is 104 cm³/mol. The number of nitrogens with one attached hydrogen (secondary N) is 1. The summed E-state index contributed by atoms with van der Waals surface area (Å²) in [5, 5.41) is 3.31. The first-order valence-electron chi connectivity index (χ1n) is 9.38. The number of benzene rings is 2. The third-order valence-corrected chi connectivity index (χ3v) is 4.83. The van der Waals surface area contributed by atoms with Crippen LogP contribution in [0, 0.1) is 18.6 Å². The number of aromatic nitrogens is 2. The molecule has 2 heterocycles. The van der Waals surface area contributed by atoms with E-state index in [1.54, 1.807) is 24.3 Å². The lowest BCUT2D eigenvalue weighted by atomic mass is 10.0. The molecule has 4 nitrogen and oxygen atoms in total. The molecule has 0 bridgehead atoms. The van der Waals surface area contributed by atoms with Gasteiger partial charge in [-0.3, -0.25) is 0 Å². The highest BCUT2D eigenvalue weighted by Crippen LogP contribution is 2.33. The van der Waals surface area contributed by atoms with Gasteiger partial charge in [-0.05, 0) is 81.4 Å². The number of nitrogens with zero attached hydrogens (tertiary/aromatic N) is 2. The largest absolute Gasteiger partial charge is 0.473 e. The third kappa shape index (κ3) is 4.02. The number of rotatable bonds is 4. The van der Waals surface area contributed by atoms with Gasteiger partial charge in [0.15, 0.2) is 0 Å². The average molecular weight is 381 g/mol. The highest BCUT2D eigenvalue weighted by molar-refractivity contribution is 5.78. The highest BCUT2D eigenvalue weighted by Gasteiger charge is 2.20. The Morgan fingerprint density at radius 3 is 1.86 bits per heavy atom. The molecule has 0 saturated carbocycles. The van der Waals surface area contributed by atoms with Gasteiger partial charge in [-0.15, -0.1) is 0 Å². The molecule has 1 N–H and O–H groups in total. The van der Waals surface area contributed by atoms with Gasteiger partial charge in [0, 0.05) is 11.1 Å². The smallest absolute Gasteiger partial charge is 0.236 e. The Morgan fingerprint density at radius 2 is 1.32 bits per heavy atom. The number of hydrogen-bond acceptors (Lipinski definition) is 4. The molecule has 1 fully saturated rings. The third-order valence-electron chi connectivity index (χ3n) is 4.83. The first-order valence-corrected chi connectivity index (χ1v) is 9.38. The maximum absolute atomic E-state index is 13.4. The zero-order valence-electron chi connectivity index (χ0n) is 15.6. The fraction of sp³-hybridized carbons (Fsp3) is 0.273. The summed E-state index contributed by atoms with van der Waals surface area (Å²) in [5.74, 6) is -0.155. The van der Waals surface area contributed by atoms with E-state index < -0.39 is 0 Å². The SMILES string of the molecule is Cc1nc(-c2ccc(F)cc2)c(-c2ccc(F)cc2)nc1OC1CCNCC1. The van der Waals surface area contributed by atoms with E-state index in [-0.39, 0.29) is 17.7 Å². The second-order valence-electron chi connectivity index (χ2n) is 6.89. The Hall–Kier alpha value is -2.86. The lowest BCUT2D eigenvalue weighted by molar-refractivity contribution is 0.154. The van der Waals surface area contributed by atoms with Crippen LogP contribution in [0.2, 0.25) is 0 Å². The monoisotopic (exact) mass is 381 g/mol. The fourth-order valence-corrected chi connectivity index (χ4v) is 3.30. The van der Waals surface area contributed by atoms with Crippen molar-refractivity contribution in [1.29, 1.82) is 0 Å². The number of hydrogen-bond donors (Lipinski definition) is 1. The van der Waals surface area contributed by atoms with Gasteiger partial charge in [0.05, 0.1) is 5.69 Å². The fourth-order valence-electron chi connectivity index (χ4n) is 3.30. The molecule has 4 rings (SSSR count). The van der Waals surface area contributed by atoms with Crippen LogP contribution in [0.25, 0.3) is 22.5 Å². The molecule has 3 aromatic rings. The van der Waals surface area contributed by atoms with Gasteiger partial charge < -0.3 is 10.1 Å². The minimum Gasteiger partial charge on any atom is -0.473 e. The van der Waals surface area contributed by atoms with Crippen molar-refractivity contribution in [3.8, 4) is 28.4 Å². The summed E-state index contributed by atoms with van der Waals surface area (Å²) >= 11 is 0. The lowest BCUT2D eigenvalue weighted by Gasteiger charge is -2.24. The average Bonchev–Trinajstić information content (AvgIpc) is 2.71. The van der Waals surface area contributed by atoms with Crippen molar-refractivity contribution in [1.82, 2.24) is 15.3 Å². The molecule has 28 heavy (non-hydrogen) atoms. The van der Waals surface area contributed by atoms with Gasteiger partial charge in [0.25, 0.3) is 0 Å². The van der Waals surface area contributed by atoms with Crippen LogP contribution in [0.15, 0.2) is 48.5 Å². The minimum absolute atomic E-state index is 0.0898. The van der Waals surface area contributed by atoms with Crippen molar-refractivity contribution in [3.63, 3.8) is 0 Å². The molecule has 144 valence electrons. The number of ether oxygens (including phenoxy) is 1. The Balaban J connectivity index is 1.79. The van der Waals surface area contributed by atoms with E-state index in [0.717, 1.165) is 37.1 Å². The van der Waals surface area contributed by atoms with Crippen molar-refractivity contribution in [2.45, 2.75) is 25.9 Å². The Labute approximate surface area is 162 Å². The molecular weight excluding hydrogens is 360 g/mol. The van der Waals surface area contributed by atoms with Crippen LogP contribution in [0.5, 0.6) is 5.88 Å². The van der Waals surface area contributed by atoms with Crippen molar-refractivity contribution >= 4 is 0 Å². The molecule has 1 aromatic heterocycles. The summed E-state index contributed by atoms with van der Waals surface area (Å²) in [6, 6.07) is 12.2. The maximum atomic E-state index is 13.4. The van der Waals surface area contributed by atoms with Gasteiger partial charge in [-0.25, -0.2) is 18.7 Å². The van der Waals surface area contributed by atoms with Crippen molar-refractivity contribution in [3.05, 3.63) is 65.9 Å². The standard InChI is InChI=1S/C22H21F2N3O/c1-14-22(28-19-10-12-25-13-11-19)27-21(16-4-8-18(24)9-5-16)20(26-14)15-2-6-17(23)7-3-15/h2-9,19,25H,10-13H2,1H3. The summed E-state index contributed by atoms with van der Waals surface area (Å²) in [4.78, 5) is 9.46. The quantitative estimate of drug-likeness (QED) is 0.721. The molecule has 0 atom stereocenters. The van der Waals surface area contributed by atoms with Crippen LogP contribution < -0.4 is 10.1 Å². The van der Waals surface area contributed by atoms with Crippen molar-refractivity contribution < 1.29 is 13.5 Å². The number of halogens is 2. The predicted octanol–water partition coefficient (Wildman–Crippen LogP) is 4.53. The Kier molecular flexibility index (Phi) is 5.30. The van der Waals surface area contributed by atoms with E-state index >= 15 is 0 Å². The Morgan fingerprint density at radius 1 is 0.821 bits per heavy atom. The molecule has 1 aliphatic rings. The topological polar surface area (TPSA) is 47.0 Å². The second-order valence-corrected chi connectivity index (χ2v) is 6.89. The van der Waals surface area contributed by atoms with E-state index in [0.29, 0.717) is 23.0 Å².